The van der Waals surface area contributed by atoms with Gasteiger partial charge in [-0.25, -0.2) is 14.6 Å². The fraction of sp³-hybridized carbons (Fsp3) is 0.368. The molecule has 3 rings (SSSR count). The Hall–Kier alpha value is -2.41. The van der Waals surface area contributed by atoms with Crippen molar-refractivity contribution in [2.75, 3.05) is 0 Å². The molecule has 0 aliphatic rings. The highest BCUT2D eigenvalue weighted by Gasteiger charge is 2.24. The molecular formula is C19H23N5OS. The molecule has 1 atom stereocenters. The van der Waals surface area contributed by atoms with Gasteiger partial charge in [-0.15, -0.1) is 0 Å². The Labute approximate surface area is 157 Å². The summed E-state index contributed by atoms with van der Waals surface area (Å²) in [6.45, 7) is 8.00. The zero-order valence-corrected chi connectivity index (χ0v) is 16.2. The van der Waals surface area contributed by atoms with Crippen molar-refractivity contribution in [1.82, 2.24) is 25.1 Å². The Bertz CT molecular complexity index is 907. The van der Waals surface area contributed by atoms with Crippen LogP contribution in [-0.4, -0.2) is 36.4 Å². The van der Waals surface area contributed by atoms with Crippen LogP contribution in [0.3, 0.4) is 0 Å². The lowest BCUT2D eigenvalue weighted by molar-refractivity contribution is -0.121. The van der Waals surface area contributed by atoms with Crippen molar-refractivity contribution in [3.8, 4) is 5.69 Å². The van der Waals surface area contributed by atoms with Crippen molar-refractivity contribution < 1.29 is 4.79 Å². The van der Waals surface area contributed by atoms with Gasteiger partial charge in [-0.3, -0.25) is 4.79 Å². The van der Waals surface area contributed by atoms with Gasteiger partial charge in [-0.1, -0.05) is 36.9 Å². The molecule has 0 saturated heterocycles. The maximum absolute atomic E-state index is 12.5. The number of hydrogen-bond donors (Lipinski definition) is 1. The van der Waals surface area contributed by atoms with E-state index < -0.39 is 0 Å². The summed E-state index contributed by atoms with van der Waals surface area (Å²) in [6.07, 6.45) is 4.15. The SMILES string of the molecule is CCC(C)(C)NC(=O)C(C)Sc1ncnc2c1cnn2-c1ccccc1. The zero-order chi connectivity index (χ0) is 18.7. The summed E-state index contributed by atoms with van der Waals surface area (Å²) >= 11 is 1.42. The van der Waals surface area contributed by atoms with E-state index in [0.717, 1.165) is 28.2 Å². The fourth-order valence-corrected chi connectivity index (χ4v) is 3.30. The number of nitrogens with zero attached hydrogens (tertiary/aromatic N) is 4. The molecule has 0 saturated carbocycles. The van der Waals surface area contributed by atoms with Crippen molar-refractivity contribution in [3.05, 3.63) is 42.9 Å². The summed E-state index contributed by atoms with van der Waals surface area (Å²) < 4.78 is 1.78. The summed E-state index contributed by atoms with van der Waals surface area (Å²) in [5.41, 5.74) is 1.45. The van der Waals surface area contributed by atoms with Crippen molar-refractivity contribution in [2.45, 2.75) is 49.9 Å². The zero-order valence-electron chi connectivity index (χ0n) is 15.4. The monoisotopic (exact) mass is 369 g/mol. The molecule has 2 aromatic heterocycles. The Morgan fingerprint density at radius 2 is 2.00 bits per heavy atom. The summed E-state index contributed by atoms with van der Waals surface area (Å²) in [4.78, 5) is 21.2. The summed E-state index contributed by atoms with van der Waals surface area (Å²) in [5.74, 6) is 0.00376. The second-order valence-electron chi connectivity index (χ2n) is 6.79. The third-order valence-electron chi connectivity index (χ3n) is 4.33. The Kier molecular flexibility index (Phi) is 5.27. The van der Waals surface area contributed by atoms with Crippen molar-refractivity contribution in [3.63, 3.8) is 0 Å². The van der Waals surface area contributed by atoms with Crippen LogP contribution in [-0.2, 0) is 4.79 Å². The minimum Gasteiger partial charge on any atom is -0.350 e. The maximum atomic E-state index is 12.5. The van der Waals surface area contributed by atoms with Gasteiger partial charge in [-0.05, 0) is 39.3 Å². The number of nitrogens with one attached hydrogen (secondary N) is 1. The third kappa shape index (κ3) is 3.88. The van der Waals surface area contributed by atoms with Gasteiger partial charge in [-0.2, -0.15) is 5.10 Å². The van der Waals surface area contributed by atoms with Gasteiger partial charge in [0, 0.05) is 5.54 Å². The van der Waals surface area contributed by atoms with E-state index >= 15 is 0 Å². The molecule has 1 aromatic carbocycles. The number of amides is 1. The highest BCUT2D eigenvalue weighted by atomic mass is 32.2. The minimum absolute atomic E-state index is 0.00376. The smallest absolute Gasteiger partial charge is 0.233 e. The molecule has 0 spiro atoms. The summed E-state index contributed by atoms with van der Waals surface area (Å²) in [7, 11) is 0. The van der Waals surface area contributed by atoms with Crippen LogP contribution in [0.2, 0.25) is 0 Å². The molecule has 0 aliphatic carbocycles. The first-order chi connectivity index (χ1) is 12.4. The standard InChI is InChI=1S/C19H23N5OS/c1-5-19(3,4)23-17(25)13(2)26-18-15-11-22-24(16(15)20-12-21-18)14-9-7-6-8-10-14/h6-13H,5H2,1-4H3,(H,23,25). The van der Waals surface area contributed by atoms with E-state index in [1.54, 1.807) is 10.9 Å². The molecule has 1 amide bonds. The summed E-state index contributed by atoms with van der Waals surface area (Å²) in [6, 6.07) is 9.83. The molecule has 7 heteroatoms. The largest absolute Gasteiger partial charge is 0.350 e. The van der Waals surface area contributed by atoms with Crippen LogP contribution in [0.5, 0.6) is 0 Å². The lowest BCUT2D eigenvalue weighted by atomic mass is 10.0. The number of thioether (sulfide) groups is 1. The molecule has 2 heterocycles. The molecule has 136 valence electrons. The lowest BCUT2D eigenvalue weighted by Crippen LogP contribution is -2.46. The van der Waals surface area contributed by atoms with Crippen molar-refractivity contribution in [1.29, 1.82) is 0 Å². The number of carbonyl (C=O) groups is 1. The molecule has 26 heavy (non-hydrogen) atoms. The van der Waals surface area contributed by atoms with E-state index in [9.17, 15) is 4.79 Å². The molecule has 6 nitrogen and oxygen atoms in total. The van der Waals surface area contributed by atoms with Gasteiger partial charge in [0.05, 0.1) is 22.5 Å². The predicted molar refractivity (Wildman–Crippen MR) is 104 cm³/mol. The van der Waals surface area contributed by atoms with Crippen LogP contribution in [0.25, 0.3) is 16.7 Å². The first-order valence-electron chi connectivity index (χ1n) is 8.64. The number of carbonyl (C=O) groups excluding carboxylic acids is 1. The van der Waals surface area contributed by atoms with E-state index in [2.05, 4.69) is 27.3 Å². The van der Waals surface area contributed by atoms with Crippen LogP contribution < -0.4 is 5.32 Å². The van der Waals surface area contributed by atoms with Crippen LogP contribution >= 0.6 is 11.8 Å². The third-order valence-corrected chi connectivity index (χ3v) is 5.45. The number of aromatic nitrogens is 4. The van der Waals surface area contributed by atoms with Crippen LogP contribution in [0.4, 0.5) is 0 Å². The van der Waals surface area contributed by atoms with Gasteiger partial charge >= 0.3 is 0 Å². The minimum atomic E-state index is -0.265. The van der Waals surface area contributed by atoms with Gasteiger partial charge in [0.15, 0.2) is 5.65 Å². The van der Waals surface area contributed by atoms with Gasteiger partial charge < -0.3 is 5.32 Å². The van der Waals surface area contributed by atoms with E-state index in [-0.39, 0.29) is 16.7 Å². The lowest BCUT2D eigenvalue weighted by Gasteiger charge is -2.26. The average Bonchev–Trinajstić information content (AvgIpc) is 3.07. The first kappa shape index (κ1) is 18.4. The molecule has 0 bridgehead atoms. The maximum Gasteiger partial charge on any atom is 0.233 e. The van der Waals surface area contributed by atoms with Crippen molar-refractivity contribution >= 4 is 28.7 Å². The highest BCUT2D eigenvalue weighted by molar-refractivity contribution is 8.00. The van der Waals surface area contributed by atoms with Gasteiger partial charge in [0.25, 0.3) is 0 Å². The number of fused-ring (bicyclic) bond motifs is 1. The topological polar surface area (TPSA) is 72.7 Å². The van der Waals surface area contributed by atoms with Gasteiger partial charge in [0.1, 0.15) is 11.4 Å². The van der Waals surface area contributed by atoms with Crippen LogP contribution in [0, 0.1) is 0 Å². The second kappa shape index (κ2) is 7.45. The molecule has 1 unspecified atom stereocenters. The number of hydrogen-bond acceptors (Lipinski definition) is 5. The average molecular weight is 369 g/mol. The highest BCUT2D eigenvalue weighted by Crippen LogP contribution is 2.29. The van der Waals surface area contributed by atoms with E-state index in [1.807, 2.05) is 51.1 Å². The van der Waals surface area contributed by atoms with Crippen LogP contribution in [0.15, 0.2) is 47.9 Å². The molecule has 3 aromatic rings. The molecule has 0 radical (unpaired) electrons. The predicted octanol–water partition coefficient (Wildman–Crippen LogP) is 3.60. The Balaban J connectivity index is 1.85. The fourth-order valence-electron chi connectivity index (χ4n) is 2.42. The van der Waals surface area contributed by atoms with Gasteiger partial charge in [0.2, 0.25) is 5.91 Å². The first-order valence-corrected chi connectivity index (χ1v) is 9.52. The van der Waals surface area contributed by atoms with E-state index in [0.29, 0.717) is 0 Å². The van der Waals surface area contributed by atoms with E-state index in [4.69, 9.17) is 0 Å². The summed E-state index contributed by atoms with van der Waals surface area (Å²) in [5, 5.41) is 8.87. The molecule has 0 fully saturated rings. The number of para-hydroxylation sites is 1. The van der Waals surface area contributed by atoms with Crippen molar-refractivity contribution in [2.24, 2.45) is 0 Å². The molecule has 0 aliphatic heterocycles. The normalized spacial score (nSPS) is 12.9. The van der Waals surface area contributed by atoms with E-state index in [1.165, 1.54) is 18.1 Å². The number of benzene rings is 1. The second-order valence-corrected chi connectivity index (χ2v) is 8.12. The molecular weight excluding hydrogens is 346 g/mol. The quantitative estimate of drug-likeness (QED) is 0.531. The molecule has 1 N–H and O–H groups in total. The Morgan fingerprint density at radius 3 is 2.69 bits per heavy atom. The van der Waals surface area contributed by atoms with Crippen LogP contribution in [0.1, 0.15) is 34.1 Å². The number of rotatable bonds is 6. The Morgan fingerprint density at radius 1 is 1.27 bits per heavy atom.